The number of aryl methyl sites for hydroxylation is 1. The maximum atomic E-state index is 12.7. The number of carbonyl (C=O) groups is 2. The predicted octanol–water partition coefficient (Wildman–Crippen LogP) is 2.68. The third kappa shape index (κ3) is 4.44. The van der Waals surface area contributed by atoms with Crippen molar-refractivity contribution in [1.82, 2.24) is 9.80 Å². The molecule has 0 aliphatic carbocycles. The highest BCUT2D eigenvalue weighted by molar-refractivity contribution is 5.98. The quantitative estimate of drug-likeness (QED) is 0.832. The molecule has 2 aliphatic rings. The van der Waals surface area contributed by atoms with Crippen molar-refractivity contribution in [2.75, 3.05) is 38.1 Å². The predicted molar refractivity (Wildman–Crippen MR) is 104 cm³/mol. The fraction of sp³-hybridized carbons (Fsp3) is 0.619. The minimum Gasteiger partial charge on any atom is -0.329 e. The Kier molecular flexibility index (Phi) is 5.97. The minimum atomic E-state index is 0.0135. The van der Waals surface area contributed by atoms with Crippen LogP contribution in [0.1, 0.15) is 38.2 Å². The maximum absolute atomic E-state index is 12.7. The van der Waals surface area contributed by atoms with Gasteiger partial charge in [0.05, 0.1) is 0 Å². The molecule has 2 saturated heterocycles. The van der Waals surface area contributed by atoms with Crippen LogP contribution in [0, 0.1) is 12.8 Å². The first-order valence-corrected chi connectivity index (χ1v) is 9.79. The summed E-state index contributed by atoms with van der Waals surface area (Å²) in [4.78, 5) is 31.2. The van der Waals surface area contributed by atoms with E-state index in [0.29, 0.717) is 18.9 Å². The van der Waals surface area contributed by atoms with Gasteiger partial charge in [-0.3, -0.25) is 9.59 Å². The van der Waals surface area contributed by atoms with Crippen LogP contribution in [0.5, 0.6) is 0 Å². The lowest BCUT2D eigenvalue weighted by Gasteiger charge is -2.39. The van der Waals surface area contributed by atoms with Gasteiger partial charge in [0.1, 0.15) is 6.54 Å². The maximum Gasteiger partial charge on any atom is 0.246 e. The molecule has 2 fully saturated rings. The summed E-state index contributed by atoms with van der Waals surface area (Å²) in [5, 5.41) is 0. The molecule has 2 amide bonds. The van der Waals surface area contributed by atoms with E-state index in [0.717, 1.165) is 25.2 Å². The molecule has 0 spiro atoms. The lowest BCUT2D eigenvalue weighted by Crippen LogP contribution is -2.57. The smallest absolute Gasteiger partial charge is 0.246 e. The monoisotopic (exact) mass is 357 g/mol. The van der Waals surface area contributed by atoms with Crippen molar-refractivity contribution in [3.63, 3.8) is 0 Å². The molecular formula is C21H31N3O2. The fourth-order valence-electron chi connectivity index (χ4n) is 3.98. The van der Waals surface area contributed by atoms with Gasteiger partial charge in [-0.05, 0) is 71.3 Å². The van der Waals surface area contributed by atoms with E-state index >= 15 is 0 Å². The molecule has 0 aromatic heterocycles. The number of rotatable bonds is 4. The van der Waals surface area contributed by atoms with Crippen LogP contribution in [0.4, 0.5) is 5.69 Å². The molecular weight excluding hydrogens is 326 g/mol. The topological polar surface area (TPSA) is 43.9 Å². The number of nitrogens with zero attached hydrogens (tertiary/aromatic N) is 3. The zero-order valence-corrected chi connectivity index (χ0v) is 16.3. The Morgan fingerprint density at radius 1 is 1.15 bits per heavy atom. The first-order valence-electron chi connectivity index (χ1n) is 9.79. The van der Waals surface area contributed by atoms with E-state index in [9.17, 15) is 9.59 Å². The Balaban J connectivity index is 1.54. The highest BCUT2D eigenvalue weighted by Gasteiger charge is 2.33. The Morgan fingerprint density at radius 3 is 2.46 bits per heavy atom. The third-order valence-corrected chi connectivity index (χ3v) is 5.86. The Hall–Kier alpha value is -1.88. The third-order valence-electron chi connectivity index (χ3n) is 5.86. The Bertz CT molecular complexity index is 635. The van der Waals surface area contributed by atoms with E-state index in [1.54, 1.807) is 4.90 Å². The molecule has 142 valence electrons. The standard InChI is InChI=1S/C21H31N3O2/c1-16-4-7-19(8-5-16)24-14-17(2)23(15-21(24)26)20(25)9-6-18-10-12-22(3)13-11-18/h4-5,7-8,17-18H,6,9-15H2,1-3H3/t17-/m1/s1. The molecule has 0 unspecified atom stereocenters. The van der Waals surface area contributed by atoms with Gasteiger partial charge in [0.15, 0.2) is 0 Å². The lowest BCUT2D eigenvalue weighted by atomic mass is 9.92. The summed E-state index contributed by atoms with van der Waals surface area (Å²) in [6.07, 6.45) is 3.88. The SMILES string of the molecule is Cc1ccc(N2C[C@@H](C)N(C(=O)CCC3CCN(C)CC3)CC2=O)cc1. The number of piperazine rings is 1. The van der Waals surface area contributed by atoms with Crippen LogP contribution >= 0.6 is 0 Å². The van der Waals surface area contributed by atoms with Gasteiger partial charge in [-0.1, -0.05) is 17.7 Å². The van der Waals surface area contributed by atoms with Crippen LogP contribution in [-0.2, 0) is 9.59 Å². The number of anilines is 1. The van der Waals surface area contributed by atoms with Gasteiger partial charge >= 0.3 is 0 Å². The number of hydrogen-bond acceptors (Lipinski definition) is 3. The van der Waals surface area contributed by atoms with Crippen molar-refractivity contribution >= 4 is 17.5 Å². The first kappa shape index (κ1) is 18.9. The molecule has 0 saturated carbocycles. The van der Waals surface area contributed by atoms with E-state index in [4.69, 9.17) is 0 Å². The molecule has 1 aromatic rings. The van der Waals surface area contributed by atoms with Crippen molar-refractivity contribution < 1.29 is 9.59 Å². The summed E-state index contributed by atoms with van der Waals surface area (Å²) in [5.41, 5.74) is 2.10. The molecule has 2 heterocycles. The second-order valence-corrected chi connectivity index (χ2v) is 8.00. The number of amides is 2. The summed E-state index contributed by atoms with van der Waals surface area (Å²) in [5.74, 6) is 0.794. The molecule has 0 N–H and O–H groups in total. The van der Waals surface area contributed by atoms with Gasteiger partial charge in [-0.25, -0.2) is 0 Å². The average Bonchev–Trinajstić information content (AvgIpc) is 2.63. The van der Waals surface area contributed by atoms with Crippen LogP contribution in [0.25, 0.3) is 0 Å². The number of carbonyl (C=O) groups excluding carboxylic acids is 2. The van der Waals surface area contributed by atoms with Crippen LogP contribution in [0.2, 0.25) is 0 Å². The molecule has 26 heavy (non-hydrogen) atoms. The van der Waals surface area contributed by atoms with Crippen LogP contribution < -0.4 is 4.90 Å². The van der Waals surface area contributed by atoms with Gasteiger partial charge in [0.2, 0.25) is 11.8 Å². The van der Waals surface area contributed by atoms with Crippen LogP contribution in [-0.4, -0.2) is 60.9 Å². The Morgan fingerprint density at radius 2 is 1.81 bits per heavy atom. The van der Waals surface area contributed by atoms with E-state index in [1.807, 2.05) is 43.0 Å². The van der Waals surface area contributed by atoms with E-state index < -0.39 is 0 Å². The second-order valence-electron chi connectivity index (χ2n) is 8.00. The van der Waals surface area contributed by atoms with Gasteiger partial charge in [-0.15, -0.1) is 0 Å². The molecule has 1 atom stereocenters. The summed E-state index contributed by atoms with van der Waals surface area (Å²) in [7, 11) is 2.15. The average molecular weight is 357 g/mol. The van der Waals surface area contributed by atoms with Crippen molar-refractivity contribution in [3.05, 3.63) is 29.8 Å². The number of benzene rings is 1. The molecule has 0 radical (unpaired) electrons. The normalized spacial score (nSPS) is 22.7. The number of piperidine rings is 1. The van der Waals surface area contributed by atoms with Gasteiger partial charge in [0, 0.05) is 24.7 Å². The molecule has 1 aromatic carbocycles. The Labute approximate surface area is 156 Å². The molecule has 5 nitrogen and oxygen atoms in total. The molecule has 2 aliphatic heterocycles. The van der Waals surface area contributed by atoms with E-state index in [2.05, 4.69) is 11.9 Å². The second kappa shape index (κ2) is 8.21. The van der Waals surface area contributed by atoms with Crippen molar-refractivity contribution in [2.45, 2.75) is 45.6 Å². The fourth-order valence-corrected chi connectivity index (χ4v) is 3.98. The zero-order chi connectivity index (χ0) is 18.7. The van der Waals surface area contributed by atoms with Crippen molar-refractivity contribution in [3.8, 4) is 0 Å². The first-order chi connectivity index (χ1) is 12.4. The van der Waals surface area contributed by atoms with Crippen LogP contribution in [0.15, 0.2) is 24.3 Å². The van der Waals surface area contributed by atoms with Crippen molar-refractivity contribution in [2.24, 2.45) is 5.92 Å². The molecule has 3 rings (SSSR count). The largest absolute Gasteiger partial charge is 0.329 e. The van der Waals surface area contributed by atoms with Gasteiger partial charge < -0.3 is 14.7 Å². The number of hydrogen-bond donors (Lipinski definition) is 0. The summed E-state index contributed by atoms with van der Waals surface area (Å²) < 4.78 is 0. The molecule has 0 bridgehead atoms. The minimum absolute atomic E-state index is 0.0135. The zero-order valence-electron chi connectivity index (χ0n) is 16.3. The summed E-state index contributed by atoms with van der Waals surface area (Å²) >= 11 is 0. The van der Waals surface area contributed by atoms with Gasteiger partial charge in [-0.2, -0.15) is 0 Å². The van der Waals surface area contributed by atoms with Gasteiger partial charge in [0.25, 0.3) is 0 Å². The summed E-state index contributed by atoms with van der Waals surface area (Å²) in [6, 6.07) is 8.06. The van der Waals surface area contributed by atoms with Crippen LogP contribution in [0.3, 0.4) is 0 Å². The number of likely N-dealkylation sites (tertiary alicyclic amines) is 1. The van der Waals surface area contributed by atoms with E-state index in [1.165, 1.54) is 18.4 Å². The van der Waals surface area contributed by atoms with E-state index in [-0.39, 0.29) is 24.4 Å². The highest BCUT2D eigenvalue weighted by Crippen LogP contribution is 2.24. The molecule has 5 heteroatoms. The summed E-state index contributed by atoms with van der Waals surface area (Å²) in [6.45, 7) is 7.10. The lowest BCUT2D eigenvalue weighted by molar-refractivity contribution is -0.139. The highest BCUT2D eigenvalue weighted by atomic mass is 16.2. The van der Waals surface area contributed by atoms with Crippen molar-refractivity contribution in [1.29, 1.82) is 0 Å².